The maximum absolute atomic E-state index is 5.66. The van der Waals surface area contributed by atoms with E-state index in [1.54, 1.807) is 12.1 Å². The van der Waals surface area contributed by atoms with Crippen molar-refractivity contribution < 1.29 is 0 Å². The Labute approximate surface area is 156 Å². The maximum Gasteiger partial charge on any atom is 0.0863 e. The summed E-state index contributed by atoms with van der Waals surface area (Å²) in [5.41, 5.74) is 9.44. The zero-order valence-corrected chi connectivity index (χ0v) is 14.5. The van der Waals surface area contributed by atoms with Crippen LogP contribution in [0.25, 0.3) is 10.8 Å². The van der Waals surface area contributed by atoms with Crippen LogP contribution < -0.4 is 5.73 Å². The monoisotopic (exact) mass is 351 g/mol. The van der Waals surface area contributed by atoms with Crippen molar-refractivity contribution in [2.24, 2.45) is 20.5 Å². The molecule has 2 N–H and O–H groups in total. The van der Waals surface area contributed by atoms with Gasteiger partial charge in [-0.3, -0.25) is 0 Å². The predicted molar refractivity (Wildman–Crippen MR) is 110 cm³/mol. The van der Waals surface area contributed by atoms with Crippen LogP contribution in [0.2, 0.25) is 0 Å². The molecular formula is C22H17N5. The lowest BCUT2D eigenvalue weighted by Crippen LogP contribution is -1.80. The van der Waals surface area contributed by atoms with Gasteiger partial charge in [-0.15, -0.1) is 0 Å². The summed E-state index contributed by atoms with van der Waals surface area (Å²) in [5, 5.41) is 19.3. The molecule has 0 bridgehead atoms. The number of hydrogen-bond acceptors (Lipinski definition) is 5. The second-order valence-electron chi connectivity index (χ2n) is 6.04. The number of nitrogen functional groups attached to an aromatic ring is 1. The van der Waals surface area contributed by atoms with Crippen molar-refractivity contribution in [2.75, 3.05) is 5.73 Å². The molecule has 0 saturated heterocycles. The first-order chi connectivity index (χ1) is 13.3. The molecule has 27 heavy (non-hydrogen) atoms. The first-order valence-electron chi connectivity index (χ1n) is 8.54. The lowest BCUT2D eigenvalue weighted by molar-refractivity contribution is 1.21. The molecule has 0 aliphatic heterocycles. The fourth-order valence-corrected chi connectivity index (χ4v) is 2.60. The van der Waals surface area contributed by atoms with Crippen LogP contribution in [0.15, 0.2) is 111 Å². The minimum Gasteiger partial charge on any atom is -0.399 e. The van der Waals surface area contributed by atoms with Crippen LogP contribution >= 0.6 is 0 Å². The molecule has 0 heterocycles. The number of nitrogens with zero attached hydrogens (tertiary/aromatic N) is 4. The Balaban J connectivity index is 1.46. The van der Waals surface area contributed by atoms with Gasteiger partial charge in [0.2, 0.25) is 0 Å². The summed E-state index contributed by atoms with van der Waals surface area (Å²) in [6, 6.07) is 28.9. The number of benzene rings is 4. The third-order valence-corrected chi connectivity index (χ3v) is 4.04. The third-order valence-electron chi connectivity index (χ3n) is 4.04. The minimum atomic E-state index is 0.704. The van der Waals surface area contributed by atoms with E-state index in [9.17, 15) is 0 Å². The smallest absolute Gasteiger partial charge is 0.0863 e. The molecule has 4 aromatic carbocycles. The summed E-state index contributed by atoms with van der Waals surface area (Å²) >= 11 is 0. The molecule has 0 spiro atoms. The highest BCUT2D eigenvalue weighted by Gasteiger charge is 1.96. The van der Waals surface area contributed by atoms with E-state index < -0.39 is 0 Å². The van der Waals surface area contributed by atoms with Crippen LogP contribution in [0.5, 0.6) is 0 Å². The summed E-state index contributed by atoms with van der Waals surface area (Å²) in [6.07, 6.45) is 0. The minimum absolute atomic E-state index is 0.704. The average Bonchev–Trinajstić information content (AvgIpc) is 2.72. The van der Waals surface area contributed by atoms with Crippen molar-refractivity contribution in [3.05, 3.63) is 91.0 Å². The molecule has 5 nitrogen and oxygen atoms in total. The van der Waals surface area contributed by atoms with E-state index in [1.165, 1.54) is 5.39 Å². The zero-order chi connectivity index (χ0) is 18.5. The standard InChI is InChI=1S/C22H17N5/c23-18-6-9-19(10-7-18)24-25-20-11-13-21(14-12-20)26-27-22-8-5-16-3-1-2-4-17(16)15-22/h1-15H,23H2. The predicted octanol–water partition coefficient (Wildman–Crippen LogP) is 7.25. The van der Waals surface area contributed by atoms with E-state index in [2.05, 4.69) is 32.6 Å². The van der Waals surface area contributed by atoms with Crippen LogP contribution in [-0.4, -0.2) is 0 Å². The molecule has 130 valence electrons. The van der Waals surface area contributed by atoms with Gasteiger partial charge in [-0.2, -0.15) is 20.5 Å². The van der Waals surface area contributed by atoms with E-state index in [0.717, 1.165) is 28.1 Å². The lowest BCUT2D eigenvalue weighted by Gasteiger charge is -1.98. The van der Waals surface area contributed by atoms with Gasteiger partial charge in [0.15, 0.2) is 0 Å². The van der Waals surface area contributed by atoms with Crippen molar-refractivity contribution in [3.8, 4) is 0 Å². The van der Waals surface area contributed by atoms with Crippen molar-refractivity contribution in [1.29, 1.82) is 0 Å². The Morgan fingerprint density at radius 2 is 0.889 bits per heavy atom. The number of azo groups is 2. The van der Waals surface area contributed by atoms with Gasteiger partial charge in [0.1, 0.15) is 0 Å². The fraction of sp³-hybridized carbons (Fsp3) is 0. The van der Waals surface area contributed by atoms with Gasteiger partial charge in [0.05, 0.1) is 22.7 Å². The fourth-order valence-electron chi connectivity index (χ4n) is 2.60. The Bertz CT molecular complexity index is 1110. The average molecular weight is 351 g/mol. The molecule has 5 heteroatoms. The highest BCUT2D eigenvalue weighted by molar-refractivity contribution is 5.85. The molecule has 0 saturated carbocycles. The van der Waals surface area contributed by atoms with E-state index in [1.807, 2.05) is 66.7 Å². The number of hydrogen-bond donors (Lipinski definition) is 1. The van der Waals surface area contributed by atoms with Crippen molar-refractivity contribution >= 4 is 39.2 Å². The summed E-state index contributed by atoms with van der Waals surface area (Å²) in [6.45, 7) is 0. The number of rotatable bonds is 4. The van der Waals surface area contributed by atoms with Gasteiger partial charge in [0, 0.05) is 5.69 Å². The molecule has 0 radical (unpaired) electrons. The van der Waals surface area contributed by atoms with Crippen LogP contribution in [0.1, 0.15) is 0 Å². The van der Waals surface area contributed by atoms with Crippen molar-refractivity contribution in [3.63, 3.8) is 0 Å². The number of nitrogens with two attached hydrogens (primary N) is 1. The van der Waals surface area contributed by atoms with Gasteiger partial charge < -0.3 is 5.73 Å². The first-order valence-corrected chi connectivity index (χ1v) is 8.54. The van der Waals surface area contributed by atoms with Gasteiger partial charge >= 0.3 is 0 Å². The largest absolute Gasteiger partial charge is 0.399 e. The molecule has 0 aliphatic rings. The SMILES string of the molecule is Nc1ccc(N=Nc2ccc(N=Nc3ccc4ccccc4c3)cc2)cc1. The van der Waals surface area contributed by atoms with Crippen LogP contribution in [0.4, 0.5) is 28.4 Å². The second kappa shape index (κ2) is 7.58. The van der Waals surface area contributed by atoms with Crippen LogP contribution in [0, 0.1) is 0 Å². The number of anilines is 1. The molecule has 0 aliphatic carbocycles. The Morgan fingerprint density at radius 1 is 0.444 bits per heavy atom. The van der Waals surface area contributed by atoms with Crippen molar-refractivity contribution in [2.45, 2.75) is 0 Å². The summed E-state index contributed by atoms with van der Waals surface area (Å²) in [7, 11) is 0. The second-order valence-corrected chi connectivity index (χ2v) is 6.04. The van der Waals surface area contributed by atoms with E-state index in [4.69, 9.17) is 5.73 Å². The molecule has 0 aromatic heterocycles. The highest BCUT2D eigenvalue weighted by Crippen LogP contribution is 2.25. The molecule has 0 atom stereocenters. The van der Waals surface area contributed by atoms with E-state index >= 15 is 0 Å². The third kappa shape index (κ3) is 4.22. The molecule has 4 rings (SSSR count). The summed E-state index contributed by atoms with van der Waals surface area (Å²) in [4.78, 5) is 0. The topological polar surface area (TPSA) is 75.5 Å². The molecule has 0 unspecified atom stereocenters. The maximum atomic E-state index is 5.66. The van der Waals surface area contributed by atoms with Crippen LogP contribution in [0.3, 0.4) is 0 Å². The lowest BCUT2D eigenvalue weighted by atomic mass is 10.1. The molecule has 0 amide bonds. The quantitative estimate of drug-likeness (QED) is 0.305. The zero-order valence-electron chi connectivity index (χ0n) is 14.5. The van der Waals surface area contributed by atoms with Gasteiger partial charge in [-0.1, -0.05) is 30.3 Å². The Morgan fingerprint density at radius 3 is 1.48 bits per heavy atom. The summed E-state index contributed by atoms with van der Waals surface area (Å²) in [5.74, 6) is 0. The summed E-state index contributed by atoms with van der Waals surface area (Å²) < 4.78 is 0. The molecule has 4 aromatic rings. The van der Waals surface area contributed by atoms with Gasteiger partial charge in [-0.05, 0) is 71.4 Å². The van der Waals surface area contributed by atoms with Gasteiger partial charge in [-0.25, -0.2) is 0 Å². The van der Waals surface area contributed by atoms with E-state index in [-0.39, 0.29) is 0 Å². The van der Waals surface area contributed by atoms with E-state index in [0.29, 0.717) is 5.69 Å². The first kappa shape index (κ1) is 16.6. The molecule has 0 fully saturated rings. The molecular weight excluding hydrogens is 334 g/mol. The van der Waals surface area contributed by atoms with Crippen molar-refractivity contribution in [1.82, 2.24) is 0 Å². The van der Waals surface area contributed by atoms with Gasteiger partial charge in [0.25, 0.3) is 0 Å². The number of fused-ring (bicyclic) bond motifs is 1. The van der Waals surface area contributed by atoms with Crippen LogP contribution in [-0.2, 0) is 0 Å². The highest BCUT2D eigenvalue weighted by atomic mass is 15.1. The Kier molecular flexibility index (Phi) is 4.66. The normalized spacial score (nSPS) is 11.6. The Hall–Kier alpha value is -3.86.